The molecular weight excluding hydrogens is 296 g/mol. The van der Waals surface area contributed by atoms with Gasteiger partial charge in [-0.1, -0.05) is 36.5 Å². The lowest BCUT2D eigenvalue weighted by atomic mass is 10.0. The van der Waals surface area contributed by atoms with Crippen molar-refractivity contribution in [2.45, 2.75) is 27.2 Å². The van der Waals surface area contributed by atoms with Crippen molar-refractivity contribution >= 4 is 28.5 Å². The van der Waals surface area contributed by atoms with E-state index in [0.29, 0.717) is 5.13 Å². The smallest absolute Gasteiger partial charge is 0.268 e. The van der Waals surface area contributed by atoms with Crippen molar-refractivity contribution in [3.05, 3.63) is 45.5 Å². The Balaban J connectivity index is 2.23. The molecule has 2 aromatic rings. The summed E-state index contributed by atoms with van der Waals surface area (Å²) in [5.41, 5.74) is 3.07. The topological polar surface area (TPSA) is 78.7 Å². The molecule has 1 heterocycles. The highest BCUT2D eigenvalue weighted by molar-refractivity contribution is 7.15. The van der Waals surface area contributed by atoms with Crippen molar-refractivity contribution < 1.29 is 4.79 Å². The number of aryl methyl sites for hydroxylation is 2. The number of nitriles is 1. The Labute approximate surface area is 133 Å². The van der Waals surface area contributed by atoms with E-state index >= 15 is 0 Å². The van der Waals surface area contributed by atoms with Gasteiger partial charge in [0, 0.05) is 0 Å². The molecule has 22 heavy (non-hydrogen) atoms. The Morgan fingerprint density at radius 2 is 2.18 bits per heavy atom. The molecule has 0 aliphatic heterocycles. The van der Waals surface area contributed by atoms with Gasteiger partial charge >= 0.3 is 0 Å². The van der Waals surface area contributed by atoms with Crippen LogP contribution in [0, 0.1) is 25.2 Å². The van der Waals surface area contributed by atoms with Gasteiger partial charge in [0.1, 0.15) is 16.6 Å². The van der Waals surface area contributed by atoms with Crippen molar-refractivity contribution in [2.24, 2.45) is 0 Å². The van der Waals surface area contributed by atoms with E-state index in [9.17, 15) is 10.1 Å². The average molecular weight is 312 g/mol. The zero-order valence-electron chi connectivity index (χ0n) is 12.7. The molecule has 1 amide bonds. The summed E-state index contributed by atoms with van der Waals surface area (Å²) < 4.78 is 0. The van der Waals surface area contributed by atoms with Crippen LogP contribution in [-0.4, -0.2) is 16.1 Å². The zero-order chi connectivity index (χ0) is 16.1. The third-order valence-electron chi connectivity index (χ3n) is 3.30. The monoisotopic (exact) mass is 312 g/mol. The number of benzene rings is 1. The normalized spacial score (nSPS) is 11.1. The van der Waals surface area contributed by atoms with Crippen LogP contribution in [0.25, 0.3) is 6.08 Å². The number of hydrogen-bond acceptors (Lipinski definition) is 5. The standard InChI is InChI=1S/C16H16N4OS/c1-4-14-19-20-16(22-14)18-15(21)13(9-17)8-12-7-5-6-10(2)11(12)3/h5-8H,4H2,1-3H3,(H,18,20,21)/b13-8-. The molecule has 112 valence electrons. The van der Waals surface area contributed by atoms with Crippen LogP contribution in [0.4, 0.5) is 5.13 Å². The Morgan fingerprint density at radius 1 is 1.41 bits per heavy atom. The van der Waals surface area contributed by atoms with Crippen molar-refractivity contribution in [2.75, 3.05) is 5.32 Å². The highest BCUT2D eigenvalue weighted by Crippen LogP contribution is 2.19. The van der Waals surface area contributed by atoms with Gasteiger partial charge < -0.3 is 0 Å². The Bertz CT molecular complexity index is 771. The fraction of sp³-hybridized carbons (Fsp3) is 0.250. The van der Waals surface area contributed by atoms with E-state index in [1.54, 1.807) is 6.08 Å². The molecule has 0 spiro atoms. The van der Waals surface area contributed by atoms with Crippen LogP contribution in [0.5, 0.6) is 0 Å². The minimum absolute atomic E-state index is 0.0435. The molecule has 0 bridgehead atoms. The third-order valence-corrected chi connectivity index (χ3v) is 4.28. The molecule has 6 heteroatoms. The zero-order valence-corrected chi connectivity index (χ0v) is 13.5. The van der Waals surface area contributed by atoms with Gasteiger partial charge in [-0.2, -0.15) is 5.26 Å². The fourth-order valence-corrected chi connectivity index (χ4v) is 2.52. The second-order valence-electron chi connectivity index (χ2n) is 4.77. The largest absolute Gasteiger partial charge is 0.296 e. The van der Waals surface area contributed by atoms with Crippen molar-refractivity contribution in [1.82, 2.24) is 10.2 Å². The number of nitrogens with zero attached hydrogens (tertiary/aromatic N) is 3. The number of carbonyl (C=O) groups is 1. The lowest BCUT2D eigenvalue weighted by Gasteiger charge is -2.05. The first-order valence-corrected chi connectivity index (χ1v) is 7.68. The maximum absolute atomic E-state index is 12.2. The van der Waals surface area contributed by atoms with Crippen LogP contribution in [0.2, 0.25) is 0 Å². The predicted octanol–water partition coefficient (Wildman–Crippen LogP) is 3.26. The van der Waals surface area contributed by atoms with Crippen LogP contribution in [0.1, 0.15) is 28.6 Å². The second kappa shape index (κ2) is 6.96. The number of anilines is 1. The highest BCUT2D eigenvalue weighted by Gasteiger charge is 2.13. The molecule has 0 unspecified atom stereocenters. The van der Waals surface area contributed by atoms with Gasteiger partial charge in [-0.25, -0.2) is 0 Å². The maximum atomic E-state index is 12.2. The van der Waals surface area contributed by atoms with E-state index < -0.39 is 5.91 Å². The average Bonchev–Trinajstić information content (AvgIpc) is 2.96. The van der Waals surface area contributed by atoms with Crippen molar-refractivity contribution in [3.63, 3.8) is 0 Å². The van der Waals surface area contributed by atoms with Crippen LogP contribution < -0.4 is 5.32 Å². The van der Waals surface area contributed by atoms with E-state index in [1.807, 2.05) is 45.0 Å². The molecule has 1 aromatic heterocycles. The minimum atomic E-state index is -0.470. The summed E-state index contributed by atoms with van der Waals surface area (Å²) >= 11 is 1.31. The van der Waals surface area contributed by atoms with E-state index in [4.69, 9.17) is 0 Å². The Morgan fingerprint density at radius 3 is 2.82 bits per heavy atom. The SMILES string of the molecule is CCc1nnc(NC(=O)/C(C#N)=C\c2cccc(C)c2C)s1. The van der Waals surface area contributed by atoms with E-state index in [2.05, 4.69) is 15.5 Å². The third kappa shape index (κ3) is 3.57. The Hall–Kier alpha value is -2.52. The predicted molar refractivity (Wildman–Crippen MR) is 87.4 cm³/mol. The quantitative estimate of drug-likeness (QED) is 0.694. The van der Waals surface area contributed by atoms with Gasteiger partial charge in [0.25, 0.3) is 5.91 Å². The lowest BCUT2D eigenvalue weighted by Crippen LogP contribution is -2.13. The molecule has 0 aliphatic carbocycles. The summed E-state index contributed by atoms with van der Waals surface area (Å²) in [4.78, 5) is 12.2. The molecule has 2 rings (SSSR count). The Kier molecular flexibility index (Phi) is 5.02. The van der Waals surface area contributed by atoms with E-state index in [-0.39, 0.29) is 5.57 Å². The molecule has 0 saturated carbocycles. The molecule has 5 nitrogen and oxygen atoms in total. The van der Waals surface area contributed by atoms with Crippen LogP contribution >= 0.6 is 11.3 Å². The molecule has 0 aliphatic rings. The van der Waals surface area contributed by atoms with Gasteiger partial charge in [-0.15, -0.1) is 10.2 Å². The van der Waals surface area contributed by atoms with Crippen LogP contribution in [-0.2, 0) is 11.2 Å². The number of carbonyl (C=O) groups excluding carboxylic acids is 1. The number of hydrogen-bond donors (Lipinski definition) is 1. The van der Waals surface area contributed by atoms with E-state index in [1.165, 1.54) is 11.3 Å². The molecule has 1 N–H and O–H groups in total. The number of nitrogens with one attached hydrogen (secondary N) is 1. The summed E-state index contributed by atoms with van der Waals surface area (Å²) in [6.07, 6.45) is 2.36. The summed E-state index contributed by atoms with van der Waals surface area (Å²) in [7, 11) is 0. The fourth-order valence-electron chi connectivity index (χ4n) is 1.85. The number of aromatic nitrogens is 2. The van der Waals surface area contributed by atoms with Gasteiger partial charge in [0.2, 0.25) is 5.13 Å². The first kappa shape index (κ1) is 15.9. The summed E-state index contributed by atoms with van der Waals surface area (Å²) in [5, 5.41) is 20.9. The second-order valence-corrected chi connectivity index (χ2v) is 5.83. The summed E-state index contributed by atoms with van der Waals surface area (Å²) in [6.45, 7) is 5.92. The first-order chi connectivity index (χ1) is 10.5. The number of amides is 1. The van der Waals surface area contributed by atoms with E-state index in [0.717, 1.165) is 28.1 Å². The molecule has 1 aromatic carbocycles. The number of rotatable bonds is 4. The molecule has 0 fully saturated rings. The van der Waals surface area contributed by atoms with Gasteiger partial charge in [-0.3, -0.25) is 10.1 Å². The van der Waals surface area contributed by atoms with Crippen LogP contribution in [0.15, 0.2) is 23.8 Å². The first-order valence-electron chi connectivity index (χ1n) is 6.87. The molecule has 0 saturated heterocycles. The lowest BCUT2D eigenvalue weighted by molar-refractivity contribution is -0.112. The molecule has 0 atom stereocenters. The summed E-state index contributed by atoms with van der Waals surface area (Å²) in [5.74, 6) is -0.470. The van der Waals surface area contributed by atoms with Crippen molar-refractivity contribution in [3.8, 4) is 6.07 Å². The molecular formula is C16H16N4OS. The maximum Gasteiger partial charge on any atom is 0.268 e. The summed E-state index contributed by atoms with van der Waals surface area (Å²) in [6, 6.07) is 7.72. The van der Waals surface area contributed by atoms with Gasteiger partial charge in [0.15, 0.2) is 0 Å². The van der Waals surface area contributed by atoms with Crippen LogP contribution in [0.3, 0.4) is 0 Å². The van der Waals surface area contributed by atoms with Crippen molar-refractivity contribution in [1.29, 1.82) is 5.26 Å². The van der Waals surface area contributed by atoms with Gasteiger partial charge in [-0.05, 0) is 43.0 Å². The van der Waals surface area contributed by atoms with Gasteiger partial charge in [0.05, 0.1) is 0 Å². The minimum Gasteiger partial charge on any atom is -0.296 e. The molecule has 0 radical (unpaired) electrons. The highest BCUT2D eigenvalue weighted by atomic mass is 32.1.